The summed E-state index contributed by atoms with van der Waals surface area (Å²) in [4.78, 5) is 4.75. The third-order valence-corrected chi connectivity index (χ3v) is 6.47. The SMILES string of the molecule is Cc1ccc([C@@H](c2nnnn2C[C@@H]2CCCO2)N2CCN(c3ccc(F)cc3)CC2)cc1. The number of aryl methyl sites for hydroxylation is 1. The summed E-state index contributed by atoms with van der Waals surface area (Å²) in [6.07, 6.45) is 2.31. The van der Waals surface area contributed by atoms with E-state index in [0.29, 0.717) is 6.54 Å². The number of aromatic nitrogens is 4. The number of benzene rings is 2. The van der Waals surface area contributed by atoms with Crippen molar-refractivity contribution in [1.29, 1.82) is 0 Å². The van der Waals surface area contributed by atoms with E-state index >= 15 is 0 Å². The van der Waals surface area contributed by atoms with Crippen LogP contribution in [0.25, 0.3) is 0 Å². The van der Waals surface area contributed by atoms with Crippen molar-refractivity contribution < 1.29 is 9.13 Å². The molecule has 0 saturated carbocycles. The van der Waals surface area contributed by atoms with E-state index in [1.165, 1.54) is 23.3 Å². The Morgan fingerprint density at radius 3 is 2.47 bits per heavy atom. The molecule has 32 heavy (non-hydrogen) atoms. The van der Waals surface area contributed by atoms with Crippen LogP contribution in [-0.4, -0.2) is 64.0 Å². The molecule has 2 aliphatic rings. The van der Waals surface area contributed by atoms with Gasteiger partial charge in [0.1, 0.15) is 5.82 Å². The van der Waals surface area contributed by atoms with E-state index < -0.39 is 0 Å². The molecule has 0 amide bonds. The fourth-order valence-corrected chi connectivity index (χ4v) is 4.68. The Morgan fingerprint density at radius 1 is 1.03 bits per heavy atom. The highest BCUT2D eigenvalue weighted by molar-refractivity contribution is 5.46. The van der Waals surface area contributed by atoms with Crippen LogP contribution >= 0.6 is 0 Å². The van der Waals surface area contributed by atoms with Gasteiger partial charge in [0.15, 0.2) is 5.82 Å². The fraction of sp³-hybridized carbons (Fsp3) is 0.458. The largest absolute Gasteiger partial charge is 0.376 e. The summed E-state index contributed by atoms with van der Waals surface area (Å²) >= 11 is 0. The van der Waals surface area contributed by atoms with Crippen molar-refractivity contribution in [2.45, 2.75) is 38.5 Å². The average molecular weight is 437 g/mol. The van der Waals surface area contributed by atoms with Crippen molar-refractivity contribution in [2.75, 3.05) is 37.7 Å². The molecule has 0 aliphatic carbocycles. The van der Waals surface area contributed by atoms with E-state index in [-0.39, 0.29) is 18.0 Å². The third kappa shape index (κ3) is 4.52. The molecule has 0 N–H and O–H groups in total. The minimum atomic E-state index is -0.204. The standard InChI is InChI=1S/C24H29FN6O/c1-18-4-6-19(7-5-18)23(24-26-27-28-31(24)17-22-3-2-16-32-22)30-14-12-29(13-15-30)21-10-8-20(25)9-11-21/h4-11,22-23H,2-3,12-17H2,1H3/t22-,23-/m0/s1. The van der Waals surface area contributed by atoms with Crippen molar-refractivity contribution in [3.8, 4) is 0 Å². The van der Waals surface area contributed by atoms with Gasteiger partial charge in [0.25, 0.3) is 0 Å². The predicted octanol–water partition coefficient (Wildman–Crippen LogP) is 3.21. The van der Waals surface area contributed by atoms with Crippen LogP contribution in [0, 0.1) is 12.7 Å². The summed E-state index contributed by atoms with van der Waals surface area (Å²) in [6.45, 7) is 7.05. The minimum absolute atomic E-state index is 0.0256. The Morgan fingerprint density at radius 2 is 1.78 bits per heavy atom. The van der Waals surface area contributed by atoms with Gasteiger partial charge in [0.2, 0.25) is 0 Å². The molecule has 8 heteroatoms. The van der Waals surface area contributed by atoms with Crippen LogP contribution in [-0.2, 0) is 11.3 Å². The maximum absolute atomic E-state index is 13.3. The first kappa shape index (κ1) is 21.0. The number of anilines is 1. The van der Waals surface area contributed by atoms with Gasteiger partial charge in [-0.3, -0.25) is 4.90 Å². The lowest BCUT2D eigenvalue weighted by Gasteiger charge is -2.40. The first-order valence-corrected chi connectivity index (χ1v) is 11.4. The van der Waals surface area contributed by atoms with Crippen molar-refractivity contribution in [3.63, 3.8) is 0 Å². The third-order valence-electron chi connectivity index (χ3n) is 6.47. The quantitative estimate of drug-likeness (QED) is 0.592. The van der Waals surface area contributed by atoms with Gasteiger partial charge in [-0.1, -0.05) is 29.8 Å². The van der Waals surface area contributed by atoms with Crippen LogP contribution < -0.4 is 4.90 Å². The van der Waals surface area contributed by atoms with Gasteiger partial charge in [-0.15, -0.1) is 5.10 Å². The monoisotopic (exact) mass is 436 g/mol. The summed E-state index contributed by atoms with van der Waals surface area (Å²) in [5, 5.41) is 12.8. The number of tetrazole rings is 1. The molecule has 0 bridgehead atoms. The second-order valence-electron chi connectivity index (χ2n) is 8.67. The molecule has 2 aromatic carbocycles. The number of hydrogen-bond acceptors (Lipinski definition) is 6. The van der Waals surface area contributed by atoms with E-state index in [1.54, 1.807) is 0 Å². The maximum Gasteiger partial charge on any atom is 0.173 e. The van der Waals surface area contributed by atoms with E-state index in [1.807, 2.05) is 16.8 Å². The van der Waals surface area contributed by atoms with Gasteiger partial charge in [-0.25, -0.2) is 9.07 Å². The lowest BCUT2D eigenvalue weighted by Crippen LogP contribution is -2.48. The highest BCUT2D eigenvalue weighted by atomic mass is 19.1. The summed E-state index contributed by atoms with van der Waals surface area (Å²) < 4.78 is 21.1. The first-order chi connectivity index (χ1) is 15.7. The molecule has 3 aromatic rings. The van der Waals surface area contributed by atoms with Gasteiger partial charge in [-0.2, -0.15) is 0 Å². The van der Waals surface area contributed by atoms with Crippen molar-refractivity contribution in [2.24, 2.45) is 0 Å². The molecular formula is C24H29FN6O. The molecule has 1 aromatic heterocycles. The van der Waals surface area contributed by atoms with Gasteiger partial charge < -0.3 is 9.64 Å². The minimum Gasteiger partial charge on any atom is -0.376 e. The number of nitrogens with zero attached hydrogens (tertiary/aromatic N) is 6. The Hall–Kier alpha value is -2.84. The van der Waals surface area contributed by atoms with E-state index in [0.717, 1.165) is 57.1 Å². The summed E-state index contributed by atoms with van der Waals surface area (Å²) in [5.41, 5.74) is 3.47. The molecule has 2 saturated heterocycles. The smallest absolute Gasteiger partial charge is 0.173 e. The molecule has 0 unspecified atom stereocenters. The van der Waals surface area contributed by atoms with Crippen LogP contribution in [0.2, 0.25) is 0 Å². The number of ether oxygens (including phenoxy) is 1. The number of hydrogen-bond donors (Lipinski definition) is 0. The van der Waals surface area contributed by atoms with Gasteiger partial charge in [-0.05, 0) is 60.0 Å². The Kier molecular flexibility index (Phi) is 6.14. The Bertz CT molecular complexity index is 1010. The van der Waals surface area contributed by atoms with Crippen molar-refractivity contribution in [1.82, 2.24) is 25.1 Å². The van der Waals surface area contributed by atoms with Gasteiger partial charge >= 0.3 is 0 Å². The molecule has 5 rings (SSSR count). The van der Waals surface area contributed by atoms with Gasteiger partial charge in [0.05, 0.1) is 18.7 Å². The molecular weight excluding hydrogens is 407 g/mol. The normalized spacial score (nSPS) is 20.6. The number of halogens is 1. The molecule has 2 aliphatic heterocycles. The number of rotatable bonds is 6. The zero-order chi connectivity index (χ0) is 21.9. The van der Waals surface area contributed by atoms with Crippen molar-refractivity contribution in [3.05, 3.63) is 71.3 Å². The van der Waals surface area contributed by atoms with Crippen LogP contribution in [0.4, 0.5) is 10.1 Å². The molecule has 2 fully saturated rings. The molecule has 2 atom stereocenters. The maximum atomic E-state index is 13.3. The van der Waals surface area contributed by atoms with E-state index in [4.69, 9.17) is 4.74 Å². The topological polar surface area (TPSA) is 59.3 Å². The van der Waals surface area contributed by atoms with Crippen LogP contribution in [0.15, 0.2) is 48.5 Å². The first-order valence-electron chi connectivity index (χ1n) is 11.4. The summed E-state index contributed by atoms with van der Waals surface area (Å²) in [5.74, 6) is 0.657. The molecule has 0 radical (unpaired) electrons. The molecule has 7 nitrogen and oxygen atoms in total. The van der Waals surface area contributed by atoms with E-state index in [9.17, 15) is 4.39 Å². The lowest BCUT2D eigenvalue weighted by molar-refractivity contribution is 0.0906. The molecule has 3 heterocycles. The predicted molar refractivity (Wildman–Crippen MR) is 120 cm³/mol. The summed E-state index contributed by atoms with van der Waals surface area (Å²) in [6, 6.07) is 15.4. The fourth-order valence-electron chi connectivity index (χ4n) is 4.68. The number of piperazine rings is 1. The highest BCUT2D eigenvalue weighted by Gasteiger charge is 2.31. The molecule has 0 spiro atoms. The second kappa shape index (κ2) is 9.34. The van der Waals surface area contributed by atoms with Crippen LogP contribution in [0.5, 0.6) is 0 Å². The average Bonchev–Trinajstić information content (AvgIpc) is 3.49. The van der Waals surface area contributed by atoms with E-state index in [2.05, 4.69) is 56.5 Å². The highest BCUT2D eigenvalue weighted by Crippen LogP contribution is 2.30. The lowest BCUT2D eigenvalue weighted by atomic mass is 10.0. The van der Waals surface area contributed by atoms with Gasteiger partial charge in [0, 0.05) is 38.5 Å². The zero-order valence-electron chi connectivity index (χ0n) is 18.4. The van der Waals surface area contributed by atoms with Crippen molar-refractivity contribution >= 4 is 5.69 Å². The van der Waals surface area contributed by atoms with Crippen LogP contribution in [0.3, 0.4) is 0 Å². The summed E-state index contributed by atoms with van der Waals surface area (Å²) in [7, 11) is 0. The zero-order valence-corrected chi connectivity index (χ0v) is 18.4. The second-order valence-corrected chi connectivity index (χ2v) is 8.67. The molecule has 168 valence electrons. The van der Waals surface area contributed by atoms with Crippen LogP contribution in [0.1, 0.15) is 35.8 Å². The Labute approximate surface area is 187 Å². The Balaban J connectivity index is 1.38.